The Hall–Kier alpha value is -0.410. The monoisotopic (exact) mass is 257 g/mol. The van der Waals surface area contributed by atoms with Crippen molar-refractivity contribution in [1.82, 2.24) is 5.32 Å². The van der Waals surface area contributed by atoms with Crippen molar-refractivity contribution in [2.75, 3.05) is 7.05 Å². The molecular weight excluding hydrogens is 245 g/mol. The van der Waals surface area contributed by atoms with Crippen molar-refractivity contribution in [3.8, 4) is 0 Å². The van der Waals surface area contributed by atoms with Crippen LogP contribution in [0.3, 0.4) is 0 Å². The number of fused-ring (bicyclic) bond motifs is 1. The summed E-state index contributed by atoms with van der Waals surface area (Å²) in [4.78, 5) is 0. The van der Waals surface area contributed by atoms with E-state index in [1.807, 2.05) is 13.1 Å². The van der Waals surface area contributed by atoms with Gasteiger partial charge in [0.1, 0.15) is 5.82 Å². The van der Waals surface area contributed by atoms with Gasteiger partial charge in [-0.3, -0.25) is 0 Å². The fourth-order valence-corrected chi connectivity index (χ4v) is 2.75. The van der Waals surface area contributed by atoms with Gasteiger partial charge >= 0.3 is 0 Å². The van der Waals surface area contributed by atoms with Gasteiger partial charge in [0.05, 0.1) is 0 Å². The third-order valence-electron chi connectivity index (χ3n) is 2.94. The summed E-state index contributed by atoms with van der Waals surface area (Å²) in [5.74, 6) is 0.387. The zero-order chi connectivity index (χ0) is 10.3. The highest BCUT2D eigenvalue weighted by Crippen LogP contribution is 2.38. The highest BCUT2D eigenvalue weighted by molar-refractivity contribution is 9.10. The van der Waals surface area contributed by atoms with Crippen LogP contribution in [0.5, 0.6) is 0 Å². The minimum Gasteiger partial charge on any atom is -0.313 e. The van der Waals surface area contributed by atoms with Crippen molar-refractivity contribution in [3.63, 3.8) is 0 Å². The number of nitrogens with one attached hydrogen (secondary N) is 1. The Morgan fingerprint density at radius 2 is 2.21 bits per heavy atom. The molecule has 76 valence electrons. The summed E-state index contributed by atoms with van der Waals surface area (Å²) in [5.41, 5.74) is 1.98. The number of hydrogen-bond acceptors (Lipinski definition) is 1. The molecule has 0 bridgehead atoms. The zero-order valence-corrected chi connectivity index (χ0v) is 9.86. The van der Waals surface area contributed by atoms with Crippen LogP contribution in [0.4, 0.5) is 4.39 Å². The van der Waals surface area contributed by atoms with Gasteiger partial charge in [-0.25, -0.2) is 4.39 Å². The molecule has 1 N–H and O–H groups in total. The first-order valence-corrected chi connectivity index (χ1v) is 5.58. The van der Waals surface area contributed by atoms with E-state index in [2.05, 4.69) is 28.2 Å². The lowest BCUT2D eigenvalue weighted by molar-refractivity contribution is 0.445. The van der Waals surface area contributed by atoms with E-state index in [1.165, 1.54) is 0 Å². The summed E-state index contributed by atoms with van der Waals surface area (Å²) in [6.45, 7) is 2.15. The Labute approximate surface area is 91.8 Å². The molecule has 2 unspecified atom stereocenters. The second-order valence-corrected chi connectivity index (χ2v) is 4.82. The van der Waals surface area contributed by atoms with Crippen LogP contribution >= 0.6 is 15.9 Å². The Morgan fingerprint density at radius 1 is 1.50 bits per heavy atom. The molecule has 0 amide bonds. The number of rotatable bonds is 1. The van der Waals surface area contributed by atoms with Crippen molar-refractivity contribution in [2.24, 2.45) is 5.92 Å². The van der Waals surface area contributed by atoms with Crippen LogP contribution in [-0.2, 0) is 6.42 Å². The van der Waals surface area contributed by atoms with Crippen molar-refractivity contribution < 1.29 is 4.39 Å². The summed E-state index contributed by atoms with van der Waals surface area (Å²) < 4.78 is 14.4. The van der Waals surface area contributed by atoms with Crippen molar-refractivity contribution in [3.05, 3.63) is 33.5 Å². The van der Waals surface area contributed by atoms with Crippen LogP contribution in [-0.4, -0.2) is 7.05 Å². The van der Waals surface area contributed by atoms with Crippen molar-refractivity contribution in [2.45, 2.75) is 19.4 Å². The molecular formula is C11H13BrFN. The number of halogens is 2. The topological polar surface area (TPSA) is 12.0 Å². The Balaban J connectivity index is 2.53. The first kappa shape index (κ1) is 10.1. The van der Waals surface area contributed by atoms with Gasteiger partial charge in [0.25, 0.3) is 0 Å². The van der Waals surface area contributed by atoms with Gasteiger partial charge in [0, 0.05) is 10.5 Å². The maximum atomic E-state index is 13.6. The predicted octanol–water partition coefficient (Wildman–Crippen LogP) is 3.04. The molecule has 0 heterocycles. The molecule has 1 aliphatic rings. The number of benzene rings is 1. The average molecular weight is 258 g/mol. The van der Waals surface area contributed by atoms with Crippen LogP contribution in [0.1, 0.15) is 24.1 Å². The number of hydrogen-bond donors (Lipinski definition) is 1. The molecule has 1 aromatic rings. The Bertz CT molecular complexity index is 365. The molecule has 1 aliphatic carbocycles. The highest BCUT2D eigenvalue weighted by atomic mass is 79.9. The third-order valence-corrected chi connectivity index (χ3v) is 3.39. The van der Waals surface area contributed by atoms with Gasteiger partial charge in [-0.2, -0.15) is 0 Å². The summed E-state index contributed by atoms with van der Waals surface area (Å²) in [7, 11) is 1.93. The molecule has 0 aliphatic heterocycles. The summed E-state index contributed by atoms with van der Waals surface area (Å²) in [5, 5.41) is 3.24. The lowest BCUT2D eigenvalue weighted by atomic mass is 10.0. The van der Waals surface area contributed by atoms with Crippen LogP contribution in [0.15, 0.2) is 16.6 Å². The second kappa shape index (κ2) is 3.63. The molecule has 2 rings (SSSR count). The largest absolute Gasteiger partial charge is 0.313 e. The standard InChI is InChI=1S/C11H13BrFN/c1-6-3-8-9(11(6)14-2)4-7(12)5-10(8)13/h4-6,11,14H,3H2,1-2H3. The van der Waals surface area contributed by atoms with Gasteiger partial charge in [0.15, 0.2) is 0 Å². The normalized spacial score (nSPS) is 25.1. The van der Waals surface area contributed by atoms with E-state index in [0.29, 0.717) is 5.92 Å². The van der Waals surface area contributed by atoms with Crippen LogP contribution in [0.2, 0.25) is 0 Å². The Morgan fingerprint density at radius 3 is 2.86 bits per heavy atom. The molecule has 0 saturated carbocycles. The average Bonchev–Trinajstić information content (AvgIpc) is 2.41. The molecule has 0 fully saturated rings. The van der Waals surface area contributed by atoms with E-state index in [-0.39, 0.29) is 11.9 Å². The molecule has 1 aromatic carbocycles. The second-order valence-electron chi connectivity index (χ2n) is 3.90. The van der Waals surface area contributed by atoms with Gasteiger partial charge in [0.2, 0.25) is 0 Å². The maximum absolute atomic E-state index is 13.6. The summed E-state index contributed by atoms with van der Waals surface area (Å²) >= 11 is 3.32. The van der Waals surface area contributed by atoms with E-state index >= 15 is 0 Å². The first-order valence-electron chi connectivity index (χ1n) is 4.78. The van der Waals surface area contributed by atoms with Gasteiger partial charge in [-0.1, -0.05) is 22.9 Å². The van der Waals surface area contributed by atoms with Gasteiger partial charge < -0.3 is 5.32 Å². The fourth-order valence-electron chi connectivity index (χ4n) is 2.30. The van der Waals surface area contributed by atoms with E-state index < -0.39 is 0 Å². The van der Waals surface area contributed by atoms with E-state index in [9.17, 15) is 4.39 Å². The quantitative estimate of drug-likeness (QED) is 0.816. The first-order chi connectivity index (χ1) is 6.63. The Kier molecular flexibility index (Phi) is 2.62. The van der Waals surface area contributed by atoms with Crippen LogP contribution in [0, 0.1) is 11.7 Å². The van der Waals surface area contributed by atoms with E-state index in [4.69, 9.17) is 0 Å². The van der Waals surface area contributed by atoms with Crippen molar-refractivity contribution >= 4 is 15.9 Å². The van der Waals surface area contributed by atoms with Crippen molar-refractivity contribution in [1.29, 1.82) is 0 Å². The lowest BCUT2D eigenvalue weighted by Crippen LogP contribution is -2.19. The maximum Gasteiger partial charge on any atom is 0.127 e. The minimum absolute atomic E-state index is 0.0843. The van der Waals surface area contributed by atoms with E-state index in [0.717, 1.165) is 22.0 Å². The highest BCUT2D eigenvalue weighted by Gasteiger charge is 2.30. The summed E-state index contributed by atoms with van der Waals surface area (Å²) in [6.07, 6.45) is 0.833. The van der Waals surface area contributed by atoms with E-state index in [1.54, 1.807) is 6.07 Å². The molecule has 2 atom stereocenters. The smallest absolute Gasteiger partial charge is 0.127 e. The molecule has 0 radical (unpaired) electrons. The van der Waals surface area contributed by atoms with Crippen LogP contribution < -0.4 is 5.32 Å². The zero-order valence-electron chi connectivity index (χ0n) is 8.27. The summed E-state index contributed by atoms with van der Waals surface area (Å²) in [6, 6.07) is 3.85. The molecule has 3 heteroatoms. The van der Waals surface area contributed by atoms with Gasteiger partial charge in [-0.15, -0.1) is 0 Å². The SMILES string of the molecule is CNC1c2cc(Br)cc(F)c2CC1C. The molecule has 0 saturated heterocycles. The molecule has 0 aromatic heterocycles. The van der Waals surface area contributed by atoms with Gasteiger partial charge in [-0.05, 0) is 42.6 Å². The predicted molar refractivity (Wildman–Crippen MR) is 58.8 cm³/mol. The lowest BCUT2D eigenvalue weighted by Gasteiger charge is -2.15. The molecule has 1 nitrogen and oxygen atoms in total. The van der Waals surface area contributed by atoms with Crippen LogP contribution in [0.25, 0.3) is 0 Å². The third kappa shape index (κ3) is 1.48. The molecule has 14 heavy (non-hydrogen) atoms. The molecule has 0 spiro atoms. The minimum atomic E-state index is -0.0843. The fraction of sp³-hybridized carbons (Fsp3) is 0.455.